The highest BCUT2D eigenvalue weighted by atomic mass is 32.1. The Balaban J connectivity index is 1.36. The average Bonchev–Trinajstić information content (AvgIpc) is 3.32. The molecule has 1 aromatic carbocycles. The summed E-state index contributed by atoms with van der Waals surface area (Å²) in [7, 11) is 0. The fourth-order valence-corrected chi connectivity index (χ4v) is 3.80. The van der Waals surface area contributed by atoms with Crippen LogP contribution in [0.4, 0.5) is 5.13 Å². The van der Waals surface area contributed by atoms with Gasteiger partial charge in [-0.2, -0.15) is 0 Å². The standard InChI is InChI=1S/C20H16N4O3S/c1-12-10-24-5-4-14(9-18(24)21-12)19(25)23-20-22-15(11-28-20)13-2-3-16-17(8-13)27-7-6-26-16/h2-5,8-11H,6-7H2,1H3,(H,22,23,25). The van der Waals surface area contributed by atoms with Crippen LogP contribution in [0.3, 0.4) is 0 Å². The second kappa shape index (κ2) is 6.65. The molecule has 1 aliphatic heterocycles. The van der Waals surface area contributed by atoms with Crippen LogP contribution in [-0.2, 0) is 0 Å². The van der Waals surface area contributed by atoms with E-state index in [1.807, 2.05) is 47.3 Å². The molecule has 0 bridgehead atoms. The second-order valence-electron chi connectivity index (χ2n) is 6.41. The first-order chi connectivity index (χ1) is 13.7. The number of nitrogens with one attached hydrogen (secondary N) is 1. The summed E-state index contributed by atoms with van der Waals surface area (Å²) < 4.78 is 13.1. The predicted octanol–water partition coefficient (Wildman–Crippen LogP) is 3.79. The van der Waals surface area contributed by atoms with Crippen molar-refractivity contribution in [3.63, 3.8) is 0 Å². The Morgan fingerprint density at radius 2 is 2.00 bits per heavy atom. The molecule has 0 fully saturated rings. The number of carbonyl (C=O) groups excluding carboxylic acids is 1. The molecule has 0 aliphatic carbocycles. The molecular formula is C20H16N4O3S. The van der Waals surface area contributed by atoms with Crippen LogP contribution in [0.25, 0.3) is 16.9 Å². The van der Waals surface area contributed by atoms with Crippen molar-refractivity contribution < 1.29 is 14.3 Å². The zero-order chi connectivity index (χ0) is 19.1. The molecule has 0 radical (unpaired) electrons. The van der Waals surface area contributed by atoms with E-state index in [1.54, 1.807) is 12.1 Å². The van der Waals surface area contributed by atoms with Gasteiger partial charge in [0.2, 0.25) is 0 Å². The van der Waals surface area contributed by atoms with Gasteiger partial charge in [0.05, 0.1) is 11.4 Å². The summed E-state index contributed by atoms with van der Waals surface area (Å²) in [6.07, 6.45) is 3.74. The van der Waals surface area contributed by atoms with E-state index < -0.39 is 0 Å². The van der Waals surface area contributed by atoms with Crippen molar-refractivity contribution >= 4 is 28.0 Å². The van der Waals surface area contributed by atoms with Gasteiger partial charge in [-0.15, -0.1) is 11.3 Å². The number of aryl methyl sites for hydroxylation is 1. The highest BCUT2D eigenvalue weighted by Crippen LogP contribution is 2.35. The normalized spacial score (nSPS) is 12.9. The monoisotopic (exact) mass is 392 g/mol. The molecular weight excluding hydrogens is 376 g/mol. The maximum Gasteiger partial charge on any atom is 0.257 e. The van der Waals surface area contributed by atoms with E-state index in [4.69, 9.17) is 9.47 Å². The Morgan fingerprint density at radius 3 is 2.89 bits per heavy atom. The number of imidazole rings is 1. The predicted molar refractivity (Wildman–Crippen MR) is 106 cm³/mol. The van der Waals surface area contributed by atoms with Crippen LogP contribution in [0, 0.1) is 6.92 Å². The van der Waals surface area contributed by atoms with Gasteiger partial charge < -0.3 is 13.9 Å². The lowest BCUT2D eigenvalue weighted by Gasteiger charge is -2.18. The SMILES string of the molecule is Cc1cn2ccc(C(=O)Nc3nc(-c4ccc5c(c4)OCCO5)cs3)cc2n1. The second-order valence-corrected chi connectivity index (χ2v) is 7.27. The van der Waals surface area contributed by atoms with Crippen LogP contribution in [0.2, 0.25) is 0 Å². The number of carbonyl (C=O) groups is 1. The Kier molecular flexibility index (Phi) is 3.98. The van der Waals surface area contributed by atoms with Crippen molar-refractivity contribution in [3.05, 3.63) is 59.4 Å². The highest BCUT2D eigenvalue weighted by Gasteiger charge is 2.15. The Labute approximate surface area is 164 Å². The largest absolute Gasteiger partial charge is 0.486 e. The molecule has 7 nitrogen and oxygen atoms in total. The molecule has 1 amide bonds. The van der Waals surface area contributed by atoms with Crippen molar-refractivity contribution in [1.82, 2.24) is 14.4 Å². The zero-order valence-corrected chi connectivity index (χ0v) is 15.8. The van der Waals surface area contributed by atoms with Crippen LogP contribution >= 0.6 is 11.3 Å². The van der Waals surface area contributed by atoms with Gasteiger partial charge in [-0.05, 0) is 37.3 Å². The van der Waals surface area contributed by atoms with Crippen LogP contribution in [0.15, 0.2) is 48.1 Å². The van der Waals surface area contributed by atoms with Crippen molar-refractivity contribution in [2.75, 3.05) is 18.5 Å². The number of benzene rings is 1. The van der Waals surface area contributed by atoms with Crippen LogP contribution in [0.5, 0.6) is 11.5 Å². The fraction of sp³-hybridized carbons (Fsp3) is 0.150. The lowest BCUT2D eigenvalue weighted by molar-refractivity contribution is 0.102. The van der Waals surface area contributed by atoms with E-state index in [0.717, 1.165) is 28.3 Å². The third-order valence-electron chi connectivity index (χ3n) is 4.41. The zero-order valence-electron chi connectivity index (χ0n) is 15.0. The number of hydrogen-bond donors (Lipinski definition) is 1. The quantitative estimate of drug-likeness (QED) is 0.574. The number of rotatable bonds is 3. The lowest BCUT2D eigenvalue weighted by atomic mass is 10.1. The van der Waals surface area contributed by atoms with Crippen molar-refractivity contribution in [1.29, 1.82) is 0 Å². The highest BCUT2D eigenvalue weighted by molar-refractivity contribution is 7.14. The van der Waals surface area contributed by atoms with E-state index in [2.05, 4.69) is 15.3 Å². The number of fused-ring (bicyclic) bond motifs is 2. The summed E-state index contributed by atoms with van der Waals surface area (Å²) in [6, 6.07) is 9.24. The van der Waals surface area contributed by atoms with Gasteiger partial charge in [-0.1, -0.05) is 0 Å². The van der Waals surface area contributed by atoms with Crippen LogP contribution < -0.4 is 14.8 Å². The molecule has 4 aromatic rings. The number of amides is 1. The maximum atomic E-state index is 12.6. The summed E-state index contributed by atoms with van der Waals surface area (Å²) in [5.74, 6) is 1.24. The first kappa shape index (κ1) is 16.8. The van der Waals surface area contributed by atoms with E-state index in [-0.39, 0.29) is 5.91 Å². The molecule has 8 heteroatoms. The number of hydrogen-bond acceptors (Lipinski definition) is 6. The molecule has 0 atom stereocenters. The molecule has 4 heterocycles. The molecule has 28 heavy (non-hydrogen) atoms. The first-order valence-electron chi connectivity index (χ1n) is 8.78. The molecule has 3 aromatic heterocycles. The van der Waals surface area contributed by atoms with Gasteiger partial charge in [0.1, 0.15) is 18.9 Å². The van der Waals surface area contributed by atoms with Crippen molar-refractivity contribution in [2.45, 2.75) is 6.92 Å². The molecule has 5 rings (SSSR count). The van der Waals surface area contributed by atoms with Crippen LogP contribution in [0.1, 0.15) is 16.1 Å². The third-order valence-corrected chi connectivity index (χ3v) is 5.16. The minimum absolute atomic E-state index is 0.216. The molecule has 1 aliphatic rings. The van der Waals surface area contributed by atoms with Gasteiger partial charge in [-0.25, -0.2) is 9.97 Å². The summed E-state index contributed by atoms with van der Waals surface area (Å²) in [4.78, 5) is 21.5. The number of anilines is 1. The molecule has 0 saturated heterocycles. The lowest BCUT2D eigenvalue weighted by Crippen LogP contribution is -2.15. The van der Waals surface area contributed by atoms with Crippen LogP contribution in [-0.4, -0.2) is 33.5 Å². The van der Waals surface area contributed by atoms with Gasteiger partial charge in [0, 0.05) is 28.9 Å². The summed E-state index contributed by atoms with van der Waals surface area (Å²) in [6.45, 7) is 3.01. The summed E-state index contributed by atoms with van der Waals surface area (Å²) >= 11 is 1.38. The Bertz CT molecular complexity index is 1200. The number of thiazole rings is 1. The summed E-state index contributed by atoms with van der Waals surface area (Å²) in [5, 5.41) is 5.30. The smallest absolute Gasteiger partial charge is 0.257 e. The molecule has 140 valence electrons. The van der Waals surface area contributed by atoms with E-state index in [1.165, 1.54) is 11.3 Å². The minimum atomic E-state index is -0.216. The Hall–Kier alpha value is -3.39. The minimum Gasteiger partial charge on any atom is -0.486 e. The third kappa shape index (κ3) is 3.07. The molecule has 0 spiro atoms. The first-order valence-corrected chi connectivity index (χ1v) is 9.66. The molecule has 0 saturated carbocycles. The van der Waals surface area contributed by atoms with E-state index >= 15 is 0 Å². The average molecular weight is 392 g/mol. The topological polar surface area (TPSA) is 77.8 Å². The number of ether oxygens (including phenoxy) is 2. The number of nitrogens with zero attached hydrogens (tertiary/aromatic N) is 3. The Morgan fingerprint density at radius 1 is 1.14 bits per heavy atom. The van der Waals surface area contributed by atoms with E-state index in [0.29, 0.717) is 29.7 Å². The van der Waals surface area contributed by atoms with Gasteiger partial charge in [0.15, 0.2) is 16.6 Å². The van der Waals surface area contributed by atoms with Gasteiger partial charge >= 0.3 is 0 Å². The van der Waals surface area contributed by atoms with Crippen molar-refractivity contribution in [2.24, 2.45) is 0 Å². The van der Waals surface area contributed by atoms with Gasteiger partial charge in [0.25, 0.3) is 5.91 Å². The van der Waals surface area contributed by atoms with E-state index in [9.17, 15) is 4.79 Å². The van der Waals surface area contributed by atoms with Crippen molar-refractivity contribution in [3.8, 4) is 22.8 Å². The van der Waals surface area contributed by atoms with Gasteiger partial charge in [-0.3, -0.25) is 10.1 Å². The molecule has 0 unspecified atom stereocenters. The molecule has 1 N–H and O–H groups in total. The number of aromatic nitrogens is 3. The fourth-order valence-electron chi connectivity index (χ4n) is 3.09. The summed E-state index contributed by atoms with van der Waals surface area (Å²) in [5.41, 5.74) is 3.86. The maximum absolute atomic E-state index is 12.6. The number of pyridine rings is 1.